The van der Waals surface area contributed by atoms with Gasteiger partial charge in [0.1, 0.15) is 25.9 Å². The summed E-state index contributed by atoms with van der Waals surface area (Å²) < 4.78 is 67.9. The van der Waals surface area contributed by atoms with Crippen LogP contribution in [0.25, 0.3) is 11.3 Å². The number of hydrogen-bond donors (Lipinski definition) is 1. The molecule has 10 nitrogen and oxygen atoms in total. The topological polar surface area (TPSA) is 164 Å². The standard InChI is InChI=1S/C16H14N4O6S3.2Li/c1-17-20-15-14(10-5-3-2-4-6-10)19-16(27-15)18-11-7-12(28(21,22)23)9-13(8-11)29(24,25)26;;/h2-9H,1H3,(H,18,19)(H,21,22,23)(H,24,25,26);;/q;2*+1/p-2. The van der Waals surface area contributed by atoms with Crippen LogP contribution in [0.4, 0.5) is 15.8 Å². The summed E-state index contributed by atoms with van der Waals surface area (Å²) in [6.07, 6.45) is 0. The van der Waals surface area contributed by atoms with E-state index < -0.39 is 30.0 Å². The quantitative estimate of drug-likeness (QED) is 0.229. The molecule has 1 heterocycles. The summed E-state index contributed by atoms with van der Waals surface area (Å²) in [6, 6.07) is 11.4. The first-order chi connectivity index (χ1) is 13.6. The monoisotopic (exact) mass is 466 g/mol. The Morgan fingerprint density at radius 3 is 1.97 bits per heavy atom. The van der Waals surface area contributed by atoms with Crippen molar-refractivity contribution in [2.24, 2.45) is 10.2 Å². The van der Waals surface area contributed by atoms with E-state index in [4.69, 9.17) is 0 Å². The minimum Gasteiger partial charge on any atom is -0.744 e. The van der Waals surface area contributed by atoms with Crippen LogP contribution in [0, 0.1) is 0 Å². The van der Waals surface area contributed by atoms with Gasteiger partial charge in [-0.05, 0) is 18.2 Å². The maximum atomic E-state index is 11.3. The fourth-order valence-corrected chi connectivity index (χ4v) is 4.40. The summed E-state index contributed by atoms with van der Waals surface area (Å²) in [5.74, 6) is 0. The smallest absolute Gasteiger partial charge is 0.744 e. The number of benzene rings is 2. The van der Waals surface area contributed by atoms with Gasteiger partial charge in [0.05, 0.1) is 9.79 Å². The SMILES string of the molecule is CN=Nc1sc(Nc2cc(S(=O)(=O)[O-])cc(S(=O)(=O)[O-])c2)nc1-c1ccccc1.[Li+].[Li+]. The zero-order valence-electron chi connectivity index (χ0n) is 16.6. The van der Waals surface area contributed by atoms with Gasteiger partial charge in [0.2, 0.25) is 0 Å². The number of aromatic nitrogens is 1. The molecular formula is C16H12Li2N4O6S3. The average Bonchev–Trinajstić information content (AvgIpc) is 3.03. The Bertz CT molecular complexity index is 1250. The van der Waals surface area contributed by atoms with Crippen LogP contribution >= 0.6 is 11.3 Å². The number of azo groups is 1. The van der Waals surface area contributed by atoms with Crippen LogP contribution in [0.2, 0.25) is 0 Å². The molecule has 0 atom stereocenters. The van der Waals surface area contributed by atoms with Crippen molar-refractivity contribution in [3.05, 3.63) is 48.5 Å². The molecule has 0 aliphatic heterocycles. The van der Waals surface area contributed by atoms with Gasteiger partial charge >= 0.3 is 37.7 Å². The molecule has 0 saturated heterocycles. The summed E-state index contributed by atoms with van der Waals surface area (Å²) in [4.78, 5) is 2.66. The Morgan fingerprint density at radius 1 is 0.935 bits per heavy atom. The summed E-state index contributed by atoms with van der Waals surface area (Å²) >= 11 is 1.06. The third-order valence-corrected chi connectivity index (χ3v) is 6.04. The van der Waals surface area contributed by atoms with Gasteiger partial charge in [0.15, 0.2) is 10.1 Å². The fraction of sp³-hybridized carbons (Fsp3) is 0.0625. The molecule has 3 aromatic rings. The molecule has 0 unspecified atom stereocenters. The maximum absolute atomic E-state index is 11.3. The molecule has 0 spiro atoms. The van der Waals surface area contributed by atoms with Crippen LogP contribution in [0.5, 0.6) is 0 Å². The molecule has 0 aliphatic carbocycles. The summed E-state index contributed by atoms with van der Waals surface area (Å²) in [6.45, 7) is 0. The maximum Gasteiger partial charge on any atom is 1.00 e. The van der Waals surface area contributed by atoms with Crippen LogP contribution in [0.15, 0.2) is 68.6 Å². The number of rotatable bonds is 6. The number of nitrogens with one attached hydrogen (secondary N) is 1. The molecule has 0 radical (unpaired) electrons. The van der Waals surface area contributed by atoms with Gasteiger partial charge < -0.3 is 14.4 Å². The normalized spacial score (nSPS) is 11.6. The molecule has 3 rings (SSSR count). The largest absolute Gasteiger partial charge is 1.00 e. The van der Waals surface area contributed by atoms with Crippen LogP contribution < -0.4 is 43.0 Å². The molecule has 152 valence electrons. The zero-order valence-corrected chi connectivity index (χ0v) is 19.1. The van der Waals surface area contributed by atoms with Gasteiger partial charge in [0, 0.05) is 18.3 Å². The molecule has 15 heteroatoms. The predicted octanol–water partition coefficient (Wildman–Crippen LogP) is -2.92. The van der Waals surface area contributed by atoms with Gasteiger partial charge in [0.25, 0.3) is 0 Å². The Kier molecular flexibility index (Phi) is 9.65. The summed E-state index contributed by atoms with van der Waals surface area (Å²) in [5.41, 5.74) is 1.13. The van der Waals surface area contributed by atoms with Crippen molar-refractivity contribution in [1.82, 2.24) is 4.98 Å². The second-order valence-electron chi connectivity index (χ2n) is 5.57. The Balaban J connectivity index is 0.00000240. The Morgan fingerprint density at radius 2 is 1.48 bits per heavy atom. The van der Waals surface area contributed by atoms with Crippen molar-refractivity contribution in [2.45, 2.75) is 9.79 Å². The fourth-order valence-electron chi connectivity index (χ4n) is 2.36. The van der Waals surface area contributed by atoms with E-state index in [1.165, 1.54) is 7.05 Å². The molecular weight excluding hydrogens is 454 g/mol. The zero-order chi connectivity index (χ0) is 21.2. The minimum absolute atomic E-state index is 0. The molecule has 0 bridgehead atoms. The first-order valence-corrected chi connectivity index (χ1v) is 11.4. The number of hydrogen-bond acceptors (Lipinski definition) is 11. The van der Waals surface area contributed by atoms with E-state index in [0.717, 1.165) is 29.0 Å². The number of nitrogens with zero attached hydrogens (tertiary/aromatic N) is 3. The molecule has 0 amide bonds. The molecule has 31 heavy (non-hydrogen) atoms. The first-order valence-electron chi connectivity index (χ1n) is 7.78. The molecule has 1 aromatic heterocycles. The van der Waals surface area contributed by atoms with E-state index in [2.05, 4.69) is 20.5 Å². The first kappa shape index (κ1) is 27.5. The molecule has 1 N–H and O–H groups in total. The van der Waals surface area contributed by atoms with E-state index in [1.807, 2.05) is 18.2 Å². The van der Waals surface area contributed by atoms with Gasteiger partial charge in [-0.2, -0.15) is 5.11 Å². The Labute approximate surface area is 207 Å². The van der Waals surface area contributed by atoms with E-state index >= 15 is 0 Å². The molecule has 0 fully saturated rings. The number of anilines is 2. The van der Waals surface area contributed by atoms with E-state index in [0.29, 0.717) is 16.8 Å². The van der Waals surface area contributed by atoms with E-state index in [1.54, 1.807) is 12.1 Å². The van der Waals surface area contributed by atoms with Gasteiger partial charge in [-0.15, -0.1) is 5.11 Å². The van der Waals surface area contributed by atoms with Gasteiger partial charge in [-0.3, -0.25) is 0 Å². The average molecular weight is 466 g/mol. The predicted molar refractivity (Wildman–Crippen MR) is 104 cm³/mol. The summed E-state index contributed by atoms with van der Waals surface area (Å²) in [7, 11) is -8.52. The molecule has 2 aromatic carbocycles. The van der Waals surface area contributed by atoms with Crippen LogP contribution in [0.3, 0.4) is 0 Å². The Hall–Kier alpha value is -1.52. The van der Waals surface area contributed by atoms with Crippen LogP contribution in [-0.4, -0.2) is 38.0 Å². The van der Waals surface area contributed by atoms with Crippen LogP contribution in [-0.2, 0) is 20.2 Å². The van der Waals surface area contributed by atoms with E-state index in [-0.39, 0.29) is 48.5 Å². The van der Waals surface area contributed by atoms with Crippen molar-refractivity contribution in [3.8, 4) is 11.3 Å². The molecule has 0 saturated carbocycles. The van der Waals surface area contributed by atoms with Gasteiger partial charge in [-0.25, -0.2) is 21.8 Å². The molecule has 0 aliphatic rings. The third-order valence-electron chi connectivity index (χ3n) is 3.56. The van der Waals surface area contributed by atoms with Crippen molar-refractivity contribution in [2.75, 3.05) is 12.4 Å². The van der Waals surface area contributed by atoms with Crippen molar-refractivity contribution in [1.29, 1.82) is 0 Å². The number of thiazole rings is 1. The van der Waals surface area contributed by atoms with Crippen molar-refractivity contribution >= 4 is 47.4 Å². The van der Waals surface area contributed by atoms with Crippen molar-refractivity contribution in [3.63, 3.8) is 0 Å². The summed E-state index contributed by atoms with van der Waals surface area (Å²) in [5, 5.41) is 11.1. The van der Waals surface area contributed by atoms with Crippen LogP contribution in [0.1, 0.15) is 0 Å². The van der Waals surface area contributed by atoms with E-state index in [9.17, 15) is 25.9 Å². The van der Waals surface area contributed by atoms with Gasteiger partial charge in [-0.1, -0.05) is 41.7 Å². The second kappa shape index (κ2) is 10.9. The third kappa shape index (κ3) is 6.98. The second-order valence-corrected chi connectivity index (χ2v) is 9.30. The van der Waals surface area contributed by atoms with Crippen molar-refractivity contribution < 1.29 is 63.7 Å². The minimum atomic E-state index is -5.00.